The van der Waals surface area contributed by atoms with Gasteiger partial charge in [-0.2, -0.15) is 8.78 Å². The Balaban J connectivity index is 1.82. The van der Waals surface area contributed by atoms with Gasteiger partial charge in [0.15, 0.2) is 0 Å². The molecule has 0 bridgehead atoms. The van der Waals surface area contributed by atoms with Crippen molar-refractivity contribution >= 4 is 5.69 Å². The molecule has 1 aliphatic rings. The number of hydrogen-bond donors (Lipinski definition) is 1. The molecule has 0 heterocycles. The number of ether oxygens (including phenoxy) is 2. The maximum Gasteiger partial charge on any atom is 0.387 e. The average Bonchev–Trinajstić information content (AvgIpc) is 2.24. The fourth-order valence-corrected chi connectivity index (χ4v) is 1.84. The molecule has 17 heavy (non-hydrogen) atoms. The summed E-state index contributed by atoms with van der Waals surface area (Å²) in [7, 11) is 1.71. The minimum absolute atomic E-state index is 0.175. The highest BCUT2D eigenvalue weighted by molar-refractivity contribution is 5.47. The lowest BCUT2D eigenvalue weighted by Gasteiger charge is -2.35. The van der Waals surface area contributed by atoms with Crippen LogP contribution in [0.2, 0.25) is 0 Å². The first-order valence-corrected chi connectivity index (χ1v) is 5.51. The molecule has 0 saturated heterocycles. The van der Waals surface area contributed by atoms with Crippen LogP contribution in [0.5, 0.6) is 5.75 Å². The van der Waals surface area contributed by atoms with Crippen LogP contribution in [0.1, 0.15) is 12.8 Å². The summed E-state index contributed by atoms with van der Waals surface area (Å²) in [6, 6.07) is 6.93. The lowest BCUT2D eigenvalue weighted by atomic mass is 9.89. The Hall–Kier alpha value is -1.36. The lowest BCUT2D eigenvalue weighted by Crippen LogP contribution is -2.40. The Morgan fingerprint density at radius 2 is 1.88 bits per heavy atom. The van der Waals surface area contributed by atoms with Gasteiger partial charge in [-0.1, -0.05) is 0 Å². The van der Waals surface area contributed by atoms with Crippen LogP contribution in [0.4, 0.5) is 14.5 Å². The standard InChI is InChI=1S/C12H15F2NO2/c1-16-11-6-9(7-11)15-8-2-4-10(5-3-8)17-12(13)14/h2-5,9,11-12,15H,6-7H2,1H3. The lowest BCUT2D eigenvalue weighted by molar-refractivity contribution is -0.0498. The molecule has 0 amide bonds. The van der Waals surface area contributed by atoms with E-state index in [1.54, 1.807) is 19.2 Å². The molecular weight excluding hydrogens is 228 g/mol. The molecule has 2 rings (SSSR count). The van der Waals surface area contributed by atoms with Gasteiger partial charge in [0, 0.05) is 18.8 Å². The zero-order valence-corrected chi connectivity index (χ0v) is 9.53. The van der Waals surface area contributed by atoms with Crippen LogP contribution in [-0.4, -0.2) is 25.9 Å². The van der Waals surface area contributed by atoms with Crippen molar-refractivity contribution < 1.29 is 18.3 Å². The van der Waals surface area contributed by atoms with Crippen molar-refractivity contribution in [2.75, 3.05) is 12.4 Å². The van der Waals surface area contributed by atoms with E-state index in [4.69, 9.17) is 4.74 Å². The molecular formula is C12H15F2NO2. The zero-order valence-electron chi connectivity index (χ0n) is 9.53. The molecule has 0 aromatic heterocycles. The molecule has 1 aromatic rings. The molecule has 94 valence electrons. The molecule has 1 N–H and O–H groups in total. The van der Waals surface area contributed by atoms with Crippen molar-refractivity contribution in [3.8, 4) is 5.75 Å². The van der Waals surface area contributed by atoms with Gasteiger partial charge in [0.05, 0.1) is 6.10 Å². The quantitative estimate of drug-likeness (QED) is 0.862. The number of halogens is 2. The number of nitrogens with one attached hydrogen (secondary N) is 1. The van der Waals surface area contributed by atoms with Gasteiger partial charge in [-0.25, -0.2) is 0 Å². The molecule has 1 saturated carbocycles. The number of hydrogen-bond acceptors (Lipinski definition) is 3. The van der Waals surface area contributed by atoms with Crippen LogP contribution in [0.15, 0.2) is 24.3 Å². The first kappa shape index (κ1) is 12.1. The fourth-order valence-electron chi connectivity index (χ4n) is 1.84. The third-order valence-electron chi connectivity index (χ3n) is 2.88. The van der Waals surface area contributed by atoms with Crippen molar-refractivity contribution in [3.05, 3.63) is 24.3 Å². The first-order valence-electron chi connectivity index (χ1n) is 5.51. The van der Waals surface area contributed by atoms with Crippen molar-refractivity contribution in [2.45, 2.75) is 31.6 Å². The maximum atomic E-state index is 11.9. The van der Waals surface area contributed by atoms with Crippen LogP contribution in [0, 0.1) is 0 Å². The topological polar surface area (TPSA) is 30.5 Å². The average molecular weight is 243 g/mol. The summed E-state index contributed by atoms with van der Waals surface area (Å²) < 4.78 is 33.3. The maximum absolute atomic E-state index is 11.9. The van der Waals surface area contributed by atoms with Gasteiger partial charge < -0.3 is 14.8 Å². The first-order chi connectivity index (χ1) is 8.17. The number of anilines is 1. The Morgan fingerprint density at radius 3 is 2.41 bits per heavy atom. The highest BCUT2D eigenvalue weighted by Gasteiger charge is 2.28. The van der Waals surface area contributed by atoms with E-state index in [2.05, 4.69) is 10.1 Å². The Labute approximate surface area is 98.7 Å². The summed E-state index contributed by atoms with van der Waals surface area (Å²) in [6.07, 6.45) is 2.30. The predicted octanol–water partition coefficient (Wildman–Crippen LogP) is 2.88. The SMILES string of the molecule is COC1CC(Nc2ccc(OC(F)F)cc2)C1. The largest absolute Gasteiger partial charge is 0.435 e. The molecule has 1 fully saturated rings. The molecule has 1 aromatic carbocycles. The van der Waals surface area contributed by atoms with Gasteiger partial charge in [0.2, 0.25) is 0 Å². The molecule has 1 aliphatic carbocycles. The number of rotatable bonds is 5. The minimum atomic E-state index is -2.78. The van der Waals surface area contributed by atoms with E-state index in [1.807, 2.05) is 0 Å². The smallest absolute Gasteiger partial charge is 0.387 e. The minimum Gasteiger partial charge on any atom is -0.435 e. The van der Waals surface area contributed by atoms with E-state index in [-0.39, 0.29) is 5.75 Å². The van der Waals surface area contributed by atoms with Crippen LogP contribution >= 0.6 is 0 Å². The van der Waals surface area contributed by atoms with E-state index >= 15 is 0 Å². The van der Waals surface area contributed by atoms with Gasteiger partial charge in [-0.3, -0.25) is 0 Å². The van der Waals surface area contributed by atoms with Crippen molar-refractivity contribution in [2.24, 2.45) is 0 Å². The van der Waals surface area contributed by atoms with Gasteiger partial charge in [0.1, 0.15) is 5.75 Å². The summed E-state index contributed by atoms with van der Waals surface area (Å²) in [5, 5.41) is 3.30. The summed E-state index contributed by atoms with van der Waals surface area (Å²) >= 11 is 0. The van der Waals surface area contributed by atoms with Crippen molar-refractivity contribution in [1.29, 1.82) is 0 Å². The summed E-state index contributed by atoms with van der Waals surface area (Å²) in [5.41, 5.74) is 0.908. The summed E-state index contributed by atoms with van der Waals surface area (Å²) in [4.78, 5) is 0. The van der Waals surface area contributed by atoms with Gasteiger partial charge in [-0.15, -0.1) is 0 Å². The second kappa shape index (κ2) is 5.31. The molecule has 5 heteroatoms. The Kier molecular flexibility index (Phi) is 3.78. The second-order valence-electron chi connectivity index (χ2n) is 4.07. The van der Waals surface area contributed by atoms with Gasteiger partial charge in [0.25, 0.3) is 0 Å². The molecule has 0 radical (unpaired) electrons. The number of methoxy groups -OCH3 is 1. The highest BCUT2D eigenvalue weighted by atomic mass is 19.3. The fraction of sp³-hybridized carbons (Fsp3) is 0.500. The molecule has 0 spiro atoms. The number of alkyl halides is 2. The van der Waals surface area contributed by atoms with Gasteiger partial charge >= 0.3 is 6.61 Å². The number of benzene rings is 1. The van der Waals surface area contributed by atoms with Crippen LogP contribution in [0.3, 0.4) is 0 Å². The molecule has 0 unspecified atom stereocenters. The third kappa shape index (κ3) is 3.30. The Morgan fingerprint density at radius 1 is 1.24 bits per heavy atom. The van der Waals surface area contributed by atoms with E-state index in [0.29, 0.717) is 12.1 Å². The van der Waals surface area contributed by atoms with E-state index in [0.717, 1.165) is 18.5 Å². The predicted molar refractivity (Wildman–Crippen MR) is 60.5 cm³/mol. The van der Waals surface area contributed by atoms with Crippen molar-refractivity contribution in [3.63, 3.8) is 0 Å². The van der Waals surface area contributed by atoms with E-state index in [1.165, 1.54) is 12.1 Å². The Bertz CT molecular complexity index is 350. The van der Waals surface area contributed by atoms with Crippen LogP contribution in [-0.2, 0) is 4.74 Å². The van der Waals surface area contributed by atoms with E-state index in [9.17, 15) is 8.78 Å². The monoisotopic (exact) mass is 243 g/mol. The van der Waals surface area contributed by atoms with Crippen LogP contribution < -0.4 is 10.1 Å². The zero-order chi connectivity index (χ0) is 12.3. The van der Waals surface area contributed by atoms with Crippen LogP contribution in [0.25, 0.3) is 0 Å². The molecule has 3 nitrogen and oxygen atoms in total. The van der Waals surface area contributed by atoms with Crippen molar-refractivity contribution in [1.82, 2.24) is 0 Å². The molecule has 0 atom stereocenters. The molecule has 0 aliphatic heterocycles. The van der Waals surface area contributed by atoms with Gasteiger partial charge in [-0.05, 0) is 37.1 Å². The summed E-state index contributed by atoms with van der Waals surface area (Å²) in [5.74, 6) is 0.175. The second-order valence-corrected chi connectivity index (χ2v) is 4.07. The third-order valence-corrected chi connectivity index (χ3v) is 2.88. The summed E-state index contributed by atoms with van der Waals surface area (Å²) in [6.45, 7) is -2.78. The highest BCUT2D eigenvalue weighted by Crippen LogP contribution is 2.27. The van der Waals surface area contributed by atoms with E-state index < -0.39 is 6.61 Å². The normalized spacial score (nSPS) is 23.3.